The number of hydrogen-bond acceptors (Lipinski definition) is 2. The van der Waals surface area contributed by atoms with E-state index in [1.807, 2.05) is 0 Å². The highest BCUT2D eigenvalue weighted by Gasteiger charge is 2.38. The molecule has 0 spiro atoms. The van der Waals surface area contributed by atoms with Crippen LogP contribution in [0.1, 0.15) is 11.3 Å². The van der Waals surface area contributed by atoms with Crippen LogP contribution in [-0.2, 0) is 5.92 Å². The number of alkyl halides is 2. The predicted molar refractivity (Wildman–Crippen MR) is 51.4 cm³/mol. The van der Waals surface area contributed by atoms with Crippen LogP contribution in [0.15, 0.2) is 42.9 Å². The van der Waals surface area contributed by atoms with Crippen molar-refractivity contribution in [3.63, 3.8) is 0 Å². The van der Waals surface area contributed by atoms with Gasteiger partial charge in [-0.25, -0.2) is 4.39 Å². The first-order valence-electron chi connectivity index (χ1n) is 4.51. The van der Waals surface area contributed by atoms with Gasteiger partial charge in [0.2, 0.25) is 0 Å². The molecule has 1 heterocycles. The first-order valence-corrected chi connectivity index (χ1v) is 4.51. The monoisotopic (exact) mass is 224 g/mol. The van der Waals surface area contributed by atoms with Crippen LogP contribution < -0.4 is 0 Å². The average Bonchev–Trinajstić information content (AvgIpc) is 2.30. The minimum atomic E-state index is -3.47. The average molecular weight is 224 g/mol. The lowest BCUT2D eigenvalue weighted by molar-refractivity contribution is 0.0337. The molecule has 0 saturated heterocycles. The van der Waals surface area contributed by atoms with Crippen LogP contribution in [0.3, 0.4) is 0 Å². The van der Waals surface area contributed by atoms with E-state index in [4.69, 9.17) is 0 Å². The maximum atomic E-state index is 13.8. The number of nitrogens with zero attached hydrogens (tertiary/aromatic N) is 2. The van der Waals surface area contributed by atoms with Crippen molar-refractivity contribution in [3.05, 3.63) is 59.9 Å². The van der Waals surface area contributed by atoms with E-state index in [-0.39, 0.29) is 0 Å². The van der Waals surface area contributed by atoms with E-state index in [9.17, 15) is 13.2 Å². The highest BCUT2D eigenvalue weighted by atomic mass is 19.3. The van der Waals surface area contributed by atoms with E-state index in [1.165, 1.54) is 18.3 Å². The largest absolute Gasteiger partial charge is 0.319 e. The summed E-state index contributed by atoms with van der Waals surface area (Å²) >= 11 is 0. The summed E-state index contributed by atoms with van der Waals surface area (Å²) < 4.78 is 40.9. The Balaban J connectivity index is 2.51. The number of aromatic nitrogens is 2. The third kappa shape index (κ3) is 1.76. The minimum Gasteiger partial charge on any atom is -0.261 e. The Morgan fingerprint density at radius 3 is 2.44 bits per heavy atom. The first-order chi connectivity index (χ1) is 7.62. The van der Waals surface area contributed by atoms with Crippen molar-refractivity contribution in [2.75, 3.05) is 0 Å². The predicted octanol–water partition coefficient (Wildman–Crippen LogP) is 2.76. The Morgan fingerprint density at radius 1 is 1.06 bits per heavy atom. The summed E-state index contributed by atoms with van der Waals surface area (Å²) in [6.45, 7) is 0. The molecule has 2 aromatic rings. The topological polar surface area (TPSA) is 25.8 Å². The molecule has 1 aromatic heterocycles. The second-order valence-electron chi connectivity index (χ2n) is 3.14. The molecule has 0 radical (unpaired) electrons. The molecule has 82 valence electrons. The van der Waals surface area contributed by atoms with Crippen molar-refractivity contribution in [1.82, 2.24) is 9.97 Å². The van der Waals surface area contributed by atoms with E-state index < -0.39 is 23.0 Å². The smallest absolute Gasteiger partial charge is 0.261 e. The number of rotatable bonds is 2. The molecule has 2 rings (SSSR count). The zero-order valence-electron chi connectivity index (χ0n) is 8.07. The molecule has 16 heavy (non-hydrogen) atoms. The van der Waals surface area contributed by atoms with Crippen LogP contribution in [0, 0.1) is 5.82 Å². The molecule has 0 aliphatic rings. The number of halogens is 3. The van der Waals surface area contributed by atoms with Crippen LogP contribution in [-0.4, -0.2) is 9.97 Å². The van der Waals surface area contributed by atoms with Crippen LogP contribution in [0.2, 0.25) is 0 Å². The molecule has 0 fully saturated rings. The molecule has 0 bridgehead atoms. The third-order valence-electron chi connectivity index (χ3n) is 2.10. The van der Waals surface area contributed by atoms with Gasteiger partial charge in [0.05, 0.1) is 11.8 Å². The van der Waals surface area contributed by atoms with Crippen molar-refractivity contribution in [1.29, 1.82) is 0 Å². The summed E-state index contributed by atoms with van der Waals surface area (Å²) in [7, 11) is 0. The van der Waals surface area contributed by atoms with Gasteiger partial charge < -0.3 is 0 Å². The molecule has 0 unspecified atom stereocenters. The van der Waals surface area contributed by atoms with Crippen LogP contribution in [0.25, 0.3) is 0 Å². The van der Waals surface area contributed by atoms with Gasteiger partial charge in [-0.15, -0.1) is 0 Å². The fourth-order valence-corrected chi connectivity index (χ4v) is 1.32. The minimum absolute atomic E-state index is 0.569. The summed E-state index contributed by atoms with van der Waals surface area (Å²) in [5.74, 6) is -4.43. The van der Waals surface area contributed by atoms with Crippen molar-refractivity contribution in [3.8, 4) is 0 Å². The fraction of sp³-hybridized carbons (Fsp3) is 0.0909. The van der Waals surface area contributed by atoms with Gasteiger partial charge in [0, 0.05) is 12.4 Å². The summed E-state index contributed by atoms with van der Waals surface area (Å²) in [5, 5.41) is 0. The Labute approximate surface area is 89.8 Å². The zero-order chi connectivity index (χ0) is 11.6. The number of benzene rings is 1. The summed E-state index contributed by atoms with van der Waals surface area (Å²) in [6, 6.07) is 4.72. The van der Waals surface area contributed by atoms with Gasteiger partial charge in [0.1, 0.15) is 11.5 Å². The van der Waals surface area contributed by atoms with E-state index in [0.29, 0.717) is 0 Å². The Morgan fingerprint density at radius 2 is 1.81 bits per heavy atom. The second-order valence-corrected chi connectivity index (χ2v) is 3.14. The van der Waals surface area contributed by atoms with Gasteiger partial charge in [-0.1, -0.05) is 12.1 Å². The molecule has 0 atom stereocenters. The van der Waals surface area contributed by atoms with E-state index in [2.05, 4.69) is 9.97 Å². The lowest BCUT2D eigenvalue weighted by atomic mass is 10.1. The fourth-order valence-electron chi connectivity index (χ4n) is 1.32. The Bertz CT molecular complexity index is 486. The van der Waals surface area contributed by atoms with Gasteiger partial charge in [0.15, 0.2) is 0 Å². The molecule has 0 N–H and O–H groups in total. The van der Waals surface area contributed by atoms with Gasteiger partial charge in [-0.2, -0.15) is 8.78 Å². The Hall–Kier alpha value is -1.91. The maximum absolute atomic E-state index is 13.8. The summed E-state index contributed by atoms with van der Waals surface area (Å²) in [4.78, 5) is 7.03. The standard InChI is InChI=1S/C11H7F3N2/c12-9-4-2-1-3-8(9)11(13,14)10-7-15-5-6-16-10/h1-7H. The van der Waals surface area contributed by atoms with Crippen LogP contribution in [0.4, 0.5) is 13.2 Å². The van der Waals surface area contributed by atoms with Crippen LogP contribution in [0.5, 0.6) is 0 Å². The molecule has 5 heteroatoms. The zero-order valence-corrected chi connectivity index (χ0v) is 8.07. The van der Waals surface area contributed by atoms with Crippen molar-refractivity contribution in [2.45, 2.75) is 5.92 Å². The highest BCUT2D eigenvalue weighted by Crippen LogP contribution is 2.35. The lowest BCUT2D eigenvalue weighted by Gasteiger charge is -2.15. The molecule has 1 aromatic carbocycles. The Kier molecular flexibility index (Phi) is 2.60. The second kappa shape index (κ2) is 3.92. The third-order valence-corrected chi connectivity index (χ3v) is 2.10. The van der Waals surface area contributed by atoms with Crippen molar-refractivity contribution >= 4 is 0 Å². The van der Waals surface area contributed by atoms with E-state index >= 15 is 0 Å². The van der Waals surface area contributed by atoms with Gasteiger partial charge in [-0.3, -0.25) is 9.97 Å². The molecule has 2 nitrogen and oxygen atoms in total. The van der Waals surface area contributed by atoms with Gasteiger partial charge in [0.25, 0.3) is 0 Å². The first kappa shape index (κ1) is 10.6. The summed E-state index contributed by atoms with van der Waals surface area (Å²) in [5.41, 5.74) is -1.27. The summed E-state index contributed by atoms with van der Waals surface area (Å²) in [6.07, 6.45) is 3.34. The molecule has 0 amide bonds. The van der Waals surface area contributed by atoms with Crippen LogP contribution >= 0.6 is 0 Å². The molecule has 0 saturated carbocycles. The highest BCUT2D eigenvalue weighted by molar-refractivity contribution is 5.29. The normalized spacial score (nSPS) is 11.4. The van der Waals surface area contributed by atoms with E-state index in [1.54, 1.807) is 0 Å². The van der Waals surface area contributed by atoms with Gasteiger partial charge >= 0.3 is 5.92 Å². The number of hydrogen-bond donors (Lipinski definition) is 0. The molecular formula is C11H7F3N2. The molecule has 0 aliphatic carbocycles. The lowest BCUT2D eigenvalue weighted by Crippen LogP contribution is -2.18. The molecular weight excluding hydrogens is 217 g/mol. The van der Waals surface area contributed by atoms with Crippen molar-refractivity contribution in [2.24, 2.45) is 0 Å². The van der Waals surface area contributed by atoms with Gasteiger partial charge in [-0.05, 0) is 12.1 Å². The van der Waals surface area contributed by atoms with E-state index in [0.717, 1.165) is 24.5 Å². The van der Waals surface area contributed by atoms with Crippen molar-refractivity contribution < 1.29 is 13.2 Å². The molecule has 0 aliphatic heterocycles. The maximum Gasteiger partial charge on any atom is 0.319 e. The quantitative estimate of drug-likeness (QED) is 0.783. The SMILES string of the molecule is Fc1ccccc1C(F)(F)c1cnccn1.